The maximum absolute atomic E-state index is 13.2. The fraction of sp³-hybridized carbons (Fsp3) is 0.321. The molecule has 0 aliphatic carbocycles. The molecule has 0 radical (unpaired) electrons. The van der Waals surface area contributed by atoms with Crippen LogP contribution in [-0.2, 0) is 10.3 Å². The number of benzene rings is 3. The summed E-state index contributed by atoms with van der Waals surface area (Å²) in [6.45, 7) is 12.0. The first-order valence-electron chi connectivity index (χ1n) is 12.3. The molecule has 0 atom stereocenters. The molecule has 5 rings (SSSR count). The Morgan fingerprint density at radius 3 is 1.69 bits per heavy atom. The number of hydrogen-bond acceptors (Lipinski definition) is 7. The molecule has 35 heavy (non-hydrogen) atoms. The van der Waals surface area contributed by atoms with E-state index in [1.807, 2.05) is 24.3 Å². The largest absolute Gasteiger partial charge is 0.456 e. The van der Waals surface area contributed by atoms with E-state index in [0.29, 0.717) is 34.0 Å². The zero-order chi connectivity index (χ0) is 24.9. The first kappa shape index (κ1) is 22.9. The van der Waals surface area contributed by atoms with Crippen molar-refractivity contribution in [1.82, 2.24) is 0 Å². The zero-order valence-electron chi connectivity index (χ0n) is 20.7. The van der Waals surface area contributed by atoms with Crippen molar-refractivity contribution in [3.05, 3.63) is 70.8 Å². The molecule has 0 fully saturated rings. The molecule has 2 aliphatic rings. The number of fused-ring (bicyclic) bond motifs is 6. The molecule has 4 N–H and O–H groups in total. The van der Waals surface area contributed by atoms with Crippen molar-refractivity contribution in [3.63, 3.8) is 0 Å². The minimum absolute atomic E-state index is 0.360. The van der Waals surface area contributed by atoms with Crippen molar-refractivity contribution < 1.29 is 14.3 Å². The Bertz CT molecular complexity index is 1250. The normalized spacial score (nSPS) is 14.6. The molecule has 3 aromatic carbocycles. The van der Waals surface area contributed by atoms with Crippen molar-refractivity contribution in [2.24, 2.45) is 0 Å². The van der Waals surface area contributed by atoms with Gasteiger partial charge in [-0.1, -0.05) is 0 Å². The topological polar surface area (TPSA) is 94.0 Å². The number of anilines is 4. The zero-order valence-corrected chi connectivity index (χ0v) is 20.7. The summed E-state index contributed by atoms with van der Waals surface area (Å²) in [4.78, 5) is 17.7. The molecule has 0 saturated heterocycles. The number of nitrogens with zero attached hydrogens (tertiary/aromatic N) is 2. The van der Waals surface area contributed by atoms with Gasteiger partial charge in [-0.2, -0.15) is 0 Å². The molecule has 182 valence electrons. The number of hydrogen-bond donors (Lipinski definition) is 2. The number of carbonyl (C=O) groups is 1. The van der Waals surface area contributed by atoms with Crippen LogP contribution in [0.5, 0.6) is 11.5 Å². The lowest BCUT2D eigenvalue weighted by atomic mass is 9.77. The standard InChI is InChI=1S/C28H32N4O3/c1-5-31(6-2)17-9-11-20-25(13-17)34-26-14-18(32(7-3)8-4)10-12-21(26)28(20)22-16-24(30)23(29)15-19(22)27(33)35-28/h9-16H,5-8,29-30H2,1-4H3. The smallest absolute Gasteiger partial charge is 0.340 e. The Balaban J connectivity index is 1.79. The van der Waals surface area contributed by atoms with E-state index in [0.717, 1.165) is 48.7 Å². The van der Waals surface area contributed by atoms with Crippen molar-refractivity contribution in [1.29, 1.82) is 0 Å². The summed E-state index contributed by atoms with van der Waals surface area (Å²) in [5.74, 6) is 0.899. The van der Waals surface area contributed by atoms with E-state index in [4.69, 9.17) is 20.9 Å². The van der Waals surface area contributed by atoms with Crippen LogP contribution in [-0.4, -0.2) is 32.1 Å². The Labute approximate surface area is 206 Å². The van der Waals surface area contributed by atoms with Crippen LogP contribution in [0.25, 0.3) is 0 Å². The second-order valence-electron chi connectivity index (χ2n) is 8.90. The molecule has 3 aromatic rings. The lowest BCUT2D eigenvalue weighted by Gasteiger charge is -2.38. The van der Waals surface area contributed by atoms with Crippen LogP contribution in [0.3, 0.4) is 0 Å². The number of nitrogens with two attached hydrogens (primary N) is 2. The van der Waals surface area contributed by atoms with Crippen LogP contribution in [0.4, 0.5) is 22.7 Å². The lowest BCUT2D eigenvalue weighted by Crippen LogP contribution is -2.33. The average molecular weight is 473 g/mol. The predicted molar refractivity (Wildman–Crippen MR) is 141 cm³/mol. The van der Waals surface area contributed by atoms with Crippen LogP contribution < -0.4 is 26.0 Å². The van der Waals surface area contributed by atoms with Gasteiger partial charge in [-0.15, -0.1) is 0 Å². The predicted octanol–water partition coefficient (Wildman–Crippen LogP) is 5.11. The minimum Gasteiger partial charge on any atom is -0.456 e. The molecule has 1 spiro atoms. The van der Waals surface area contributed by atoms with Crippen LogP contribution in [0.15, 0.2) is 48.5 Å². The van der Waals surface area contributed by atoms with Crippen LogP contribution >= 0.6 is 0 Å². The van der Waals surface area contributed by atoms with Gasteiger partial charge in [0.05, 0.1) is 16.9 Å². The molecular weight excluding hydrogens is 440 g/mol. The monoisotopic (exact) mass is 472 g/mol. The summed E-state index contributed by atoms with van der Waals surface area (Å²) in [7, 11) is 0. The molecule has 7 heteroatoms. The highest BCUT2D eigenvalue weighted by Gasteiger charge is 2.54. The maximum atomic E-state index is 13.2. The van der Waals surface area contributed by atoms with E-state index in [1.54, 1.807) is 12.1 Å². The van der Waals surface area contributed by atoms with E-state index < -0.39 is 11.6 Å². The highest BCUT2D eigenvalue weighted by atomic mass is 16.6. The van der Waals surface area contributed by atoms with Gasteiger partial charge in [0.1, 0.15) is 11.5 Å². The molecule has 2 aliphatic heterocycles. The third-order valence-corrected chi connectivity index (χ3v) is 7.23. The van der Waals surface area contributed by atoms with Crippen LogP contribution in [0.1, 0.15) is 54.7 Å². The van der Waals surface area contributed by atoms with E-state index in [1.165, 1.54) is 0 Å². The highest BCUT2D eigenvalue weighted by molar-refractivity contribution is 5.99. The summed E-state index contributed by atoms with van der Waals surface area (Å²) in [5.41, 5.74) is 16.7. The Hall–Kier alpha value is -3.87. The molecular formula is C28H32N4O3. The van der Waals surface area contributed by atoms with E-state index in [-0.39, 0.29) is 0 Å². The van der Waals surface area contributed by atoms with E-state index in [9.17, 15) is 4.79 Å². The van der Waals surface area contributed by atoms with Gasteiger partial charge < -0.3 is 30.7 Å². The van der Waals surface area contributed by atoms with Crippen LogP contribution in [0.2, 0.25) is 0 Å². The fourth-order valence-corrected chi connectivity index (χ4v) is 5.35. The first-order chi connectivity index (χ1) is 16.9. The Morgan fingerprint density at radius 1 is 0.714 bits per heavy atom. The second-order valence-corrected chi connectivity index (χ2v) is 8.90. The minimum atomic E-state index is -1.17. The SMILES string of the molecule is CCN(CC)c1ccc2c(c1)Oc1cc(N(CC)CC)ccc1C21OC(=O)c2cc(N)c(N)cc21. The maximum Gasteiger partial charge on any atom is 0.340 e. The van der Waals surface area contributed by atoms with Gasteiger partial charge in [-0.3, -0.25) is 0 Å². The third kappa shape index (κ3) is 3.29. The Kier molecular flexibility index (Phi) is 5.50. The summed E-state index contributed by atoms with van der Waals surface area (Å²) in [6, 6.07) is 15.6. The van der Waals surface area contributed by atoms with E-state index in [2.05, 4.69) is 49.6 Å². The molecule has 0 unspecified atom stereocenters. The number of esters is 1. The number of carbonyl (C=O) groups excluding carboxylic acids is 1. The number of nitrogen functional groups attached to an aromatic ring is 2. The number of ether oxygens (including phenoxy) is 2. The van der Waals surface area contributed by atoms with Crippen molar-refractivity contribution >= 4 is 28.7 Å². The van der Waals surface area contributed by atoms with Gasteiger partial charge in [0.2, 0.25) is 0 Å². The second kappa shape index (κ2) is 8.41. The highest BCUT2D eigenvalue weighted by Crippen LogP contribution is 2.57. The summed E-state index contributed by atoms with van der Waals surface area (Å²) >= 11 is 0. The summed E-state index contributed by atoms with van der Waals surface area (Å²) < 4.78 is 12.8. The van der Waals surface area contributed by atoms with Gasteiger partial charge in [0.25, 0.3) is 0 Å². The van der Waals surface area contributed by atoms with E-state index >= 15 is 0 Å². The van der Waals surface area contributed by atoms with Gasteiger partial charge in [-0.05, 0) is 64.1 Å². The quantitative estimate of drug-likeness (QED) is 0.380. The van der Waals surface area contributed by atoms with Crippen molar-refractivity contribution in [2.45, 2.75) is 33.3 Å². The summed E-state index contributed by atoms with van der Waals surface area (Å²) in [6.07, 6.45) is 0. The van der Waals surface area contributed by atoms with Crippen molar-refractivity contribution in [3.8, 4) is 11.5 Å². The average Bonchev–Trinajstić information content (AvgIpc) is 3.12. The van der Waals surface area contributed by atoms with Crippen molar-refractivity contribution in [2.75, 3.05) is 47.4 Å². The lowest BCUT2D eigenvalue weighted by molar-refractivity contribution is 0.0224. The molecule has 7 nitrogen and oxygen atoms in total. The first-order valence-corrected chi connectivity index (χ1v) is 12.3. The van der Waals surface area contributed by atoms with Gasteiger partial charge in [0.15, 0.2) is 5.60 Å². The van der Waals surface area contributed by atoms with Gasteiger partial charge in [-0.25, -0.2) is 4.79 Å². The molecule has 2 heterocycles. The Morgan fingerprint density at radius 2 is 1.20 bits per heavy atom. The van der Waals surface area contributed by atoms with Gasteiger partial charge in [0, 0.05) is 66.4 Å². The van der Waals surface area contributed by atoms with Crippen LogP contribution in [0, 0.1) is 0 Å². The molecule has 0 amide bonds. The fourth-order valence-electron chi connectivity index (χ4n) is 5.35. The molecule has 0 bridgehead atoms. The third-order valence-electron chi connectivity index (χ3n) is 7.23. The molecule has 0 saturated carbocycles. The van der Waals surface area contributed by atoms with Gasteiger partial charge >= 0.3 is 5.97 Å². The summed E-state index contributed by atoms with van der Waals surface area (Å²) in [5, 5.41) is 0. The number of rotatable bonds is 6. The molecule has 0 aromatic heterocycles.